The zero-order chi connectivity index (χ0) is 13.0. The molecule has 0 amide bonds. The fourth-order valence-corrected chi connectivity index (χ4v) is 2.78. The molecule has 0 aromatic heterocycles. The van der Waals surface area contributed by atoms with E-state index in [4.69, 9.17) is 16.3 Å². The van der Waals surface area contributed by atoms with Crippen molar-refractivity contribution in [1.29, 1.82) is 0 Å². The van der Waals surface area contributed by atoms with Crippen LogP contribution in [0.4, 0.5) is 0 Å². The second kappa shape index (κ2) is 9.69. The molecule has 1 aromatic rings. The fourth-order valence-electron chi connectivity index (χ4n) is 2.58. The minimum Gasteiger partial charge on any atom is -0.495 e. The third kappa shape index (κ3) is 4.68. The number of ether oxygens (including phenoxy) is 1. The molecule has 1 heterocycles. The Kier molecular flexibility index (Phi) is 9.60. The number of nitrogens with zero attached hydrogens (tertiary/aromatic N) is 1. The fraction of sp³-hybridized carbons (Fsp3) is 0.571. The third-order valence-corrected chi connectivity index (χ3v) is 3.85. The summed E-state index contributed by atoms with van der Waals surface area (Å²) in [7, 11) is 1.66. The van der Waals surface area contributed by atoms with Gasteiger partial charge in [0.15, 0.2) is 0 Å². The van der Waals surface area contributed by atoms with Crippen LogP contribution >= 0.6 is 36.4 Å². The molecule has 1 aliphatic heterocycles. The van der Waals surface area contributed by atoms with E-state index in [9.17, 15) is 0 Å². The summed E-state index contributed by atoms with van der Waals surface area (Å²) in [6, 6.07) is 6.57. The average Bonchev–Trinajstić information content (AvgIpc) is 2.42. The summed E-state index contributed by atoms with van der Waals surface area (Å²) in [5.41, 5.74) is 1.29. The van der Waals surface area contributed by atoms with Gasteiger partial charge >= 0.3 is 0 Å². The average molecular weight is 342 g/mol. The van der Waals surface area contributed by atoms with Crippen LogP contribution in [0.25, 0.3) is 0 Å². The maximum absolute atomic E-state index is 6.08. The van der Waals surface area contributed by atoms with Crippen molar-refractivity contribution in [3.8, 4) is 5.75 Å². The van der Waals surface area contributed by atoms with Crippen LogP contribution in [-0.2, 0) is 0 Å². The van der Waals surface area contributed by atoms with Gasteiger partial charge in [-0.05, 0) is 24.1 Å². The van der Waals surface area contributed by atoms with Crippen molar-refractivity contribution in [1.82, 2.24) is 10.2 Å². The number of hydrogen-bond acceptors (Lipinski definition) is 3. The lowest BCUT2D eigenvalue weighted by Gasteiger charge is -2.34. The Labute approximate surface area is 138 Å². The zero-order valence-corrected chi connectivity index (χ0v) is 14.3. The molecule has 0 bridgehead atoms. The summed E-state index contributed by atoms with van der Waals surface area (Å²) in [4.78, 5) is 2.53. The van der Waals surface area contributed by atoms with Crippen LogP contribution in [0.2, 0.25) is 5.02 Å². The largest absolute Gasteiger partial charge is 0.495 e. The van der Waals surface area contributed by atoms with Crippen molar-refractivity contribution < 1.29 is 4.74 Å². The Morgan fingerprint density at radius 3 is 2.50 bits per heavy atom. The maximum Gasteiger partial charge on any atom is 0.137 e. The van der Waals surface area contributed by atoms with E-state index in [0.29, 0.717) is 11.1 Å². The molecule has 0 aliphatic carbocycles. The van der Waals surface area contributed by atoms with Gasteiger partial charge in [0.25, 0.3) is 0 Å². The monoisotopic (exact) mass is 340 g/mol. The van der Waals surface area contributed by atoms with E-state index in [2.05, 4.69) is 29.3 Å². The Balaban J connectivity index is 0.00000180. The Morgan fingerprint density at radius 2 is 1.95 bits per heavy atom. The summed E-state index contributed by atoms with van der Waals surface area (Å²) in [6.07, 6.45) is 1.10. The molecule has 116 valence electrons. The number of nitrogens with one attached hydrogen (secondary N) is 1. The second-order valence-corrected chi connectivity index (χ2v) is 5.01. The smallest absolute Gasteiger partial charge is 0.137 e. The number of benzene rings is 1. The van der Waals surface area contributed by atoms with Crippen LogP contribution in [0.3, 0.4) is 0 Å². The van der Waals surface area contributed by atoms with Crippen LogP contribution < -0.4 is 10.1 Å². The lowest BCUT2D eigenvalue weighted by Crippen LogP contribution is -2.45. The molecule has 0 radical (unpaired) electrons. The molecule has 1 aliphatic rings. The summed E-state index contributed by atoms with van der Waals surface area (Å²) < 4.78 is 5.30. The van der Waals surface area contributed by atoms with Gasteiger partial charge in [0.05, 0.1) is 12.1 Å². The van der Waals surface area contributed by atoms with E-state index < -0.39 is 0 Å². The van der Waals surface area contributed by atoms with Crippen molar-refractivity contribution in [3.63, 3.8) is 0 Å². The molecule has 6 heteroatoms. The SMILES string of the molecule is CC[C@@H](c1ccc(Cl)c(OC)c1)N1CCNCC1.Cl.Cl. The van der Waals surface area contributed by atoms with E-state index in [1.807, 2.05) is 6.07 Å². The molecule has 1 aromatic carbocycles. The molecule has 0 unspecified atom stereocenters. The van der Waals surface area contributed by atoms with E-state index in [0.717, 1.165) is 38.3 Å². The lowest BCUT2D eigenvalue weighted by atomic mass is 10.0. The van der Waals surface area contributed by atoms with Crippen LogP contribution in [0.5, 0.6) is 5.75 Å². The number of halogens is 3. The molecule has 0 saturated carbocycles. The number of methoxy groups -OCH3 is 1. The van der Waals surface area contributed by atoms with Crippen molar-refractivity contribution in [2.24, 2.45) is 0 Å². The first-order valence-corrected chi connectivity index (χ1v) is 6.92. The Hall–Kier alpha value is -0.190. The van der Waals surface area contributed by atoms with Gasteiger partial charge in [0, 0.05) is 32.2 Å². The molecule has 1 saturated heterocycles. The molecule has 3 nitrogen and oxygen atoms in total. The maximum atomic E-state index is 6.08. The van der Waals surface area contributed by atoms with Gasteiger partial charge < -0.3 is 10.1 Å². The van der Waals surface area contributed by atoms with Crippen LogP contribution in [0, 0.1) is 0 Å². The summed E-state index contributed by atoms with van der Waals surface area (Å²) in [5, 5.41) is 4.07. The van der Waals surface area contributed by atoms with Crippen LogP contribution in [-0.4, -0.2) is 38.2 Å². The van der Waals surface area contributed by atoms with Gasteiger partial charge in [-0.2, -0.15) is 0 Å². The Morgan fingerprint density at radius 1 is 1.30 bits per heavy atom. The van der Waals surface area contributed by atoms with Crippen molar-refractivity contribution >= 4 is 36.4 Å². The highest BCUT2D eigenvalue weighted by Crippen LogP contribution is 2.31. The number of hydrogen-bond donors (Lipinski definition) is 1. The van der Waals surface area contributed by atoms with Gasteiger partial charge in [-0.25, -0.2) is 0 Å². The van der Waals surface area contributed by atoms with E-state index in [1.165, 1.54) is 5.56 Å². The molecule has 1 atom stereocenters. The first-order chi connectivity index (χ1) is 8.76. The highest BCUT2D eigenvalue weighted by atomic mass is 35.5. The standard InChI is InChI=1S/C14H21ClN2O.2ClH/c1-3-13(17-8-6-16-7-9-17)11-4-5-12(15)14(10-11)18-2;;/h4-5,10,13,16H,3,6-9H2,1-2H3;2*1H/t13-;;/m0../s1. The van der Waals surface area contributed by atoms with Crippen molar-refractivity contribution in [3.05, 3.63) is 28.8 Å². The number of rotatable bonds is 4. The van der Waals surface area contributed by atoms with Gasteiger partial charge in [-0.1, -0.05) is 24.6 Å². The van der Waals surface area contributed by atoms with E-state index in [1.54, 1.807) is 7.11 Å². The van der Waals surface area contributed by atoms with Gasteiger partial charge in [-0.3, -0.25) is 4.90 Å². The summed E-state index contributed by atoms with van der Waals surface area (Å²) in [6.45, 7) is 6.57. The molecule has 1 fully saturated rings. The molecular weight excluding hydrogens is 319 g/mol. The van der Waals surface area contributed by atoms with Crippen molar-refractivity contribution in [2.75, 3.05) is 33.3 Å². The molecule has 0 spiro atoms. The molecule has 20 heavy (non-hydrogen) atoms. The Bertz CT molecular complexity index is 398. The normalized spacial score (nSPS) is 16.8. The second-order valence-electron chi connectivity index (χ2n) is 4.60. The lowest BCUT2D eigenvalue weighted by molar-refractivity contribution is 0.169. The summed E-state index contributed by atoms with van der Waals surface area (Å²) in [5.74, 6) is 0.766. The van der Waals surface area contributed by atoms with E-state index in [-0.39, 0.29) is 24.8 Å². The predicted molar refractivity (Wildman–Crippen MR) is 90.0 cm³/mol. The first-order valence-electron chi connectivity index (χ1n) is 6.54. The van der Waals surface area contributed by atoms with Gasteiger partial charge in [0.1, 0.15) is 5.75 Å². The third-order valence-electron chi connectivity index (χ3n) is 3.54. The van der Waals surface area contributed by atoms with Gasteiger partial charge in [-0.15, -0.1) is 24.8 Å². The zero-order valence-electron chi connectivity index (χ0n) is 11.9. The molecule has 2 rings (SSSR count). The number of piperazine rings is 1. The predicted octanol–water partition coefficient (Wildman–Crippen LogP) is 3.55. The van der Waals surface area contributed by atoms with Crippen LogP contribution in [0.15, 0.2) is 18.2 Å². The highest BCUT2D eigenvalue weighted by Gasteiger charge is 2.21. The highest BCUT2D eigenvalue weighted by molar-refractivity contribution is 6.32. The quantitative estimate of drug-likeness (QED) is 0.906. The minimum atomic E-state index is 0. The summed E-state index contributed by atoms with van der Waals surface area (Å²) >= 11 is 6.08. The van der Waals surface area contributed by atoms with Crippen LogP contribution in [0.1, 0.15) is 24.9 Å². The molecule has 1 N–H and O–H groups in total. The molecular formula is C14H23Cl3N2O. The van der Waals surface area contributed by atoms with Crippen molar-refractivity contribution in [2.45, 2.75) is 19.4 Å². The minimum absolute atomic E-state index is 0. The first kappa shape index (κ1) is 19.8. The van der Waals surface area contributed by atoms with E-state index >= 15 is 0 Å². The topological polar surface area (TPSA) is 24.5 Å². The van der Waals surface area contributed by atoms with Gasteiger partial charge in [0.2, 0.25) is 0 Å².